The lowest BCUT2D eigenvalue weighted by Crippen LogP contribution is -2.52. The molecule has 1 N–H and O–H groups in total. The molecule has 0 saturated carbocycles. The summed E-state index contributed by atoms with van der Waals surface area (Å²) in [5, 5.41) is 3.50. The van der Waals surface area contributed by atoms with Gasteiger partial charge in [0, 0.05) is 13.2 Å². The molecular formula is C11H25NO. The molecule has 2 atom stereocenters. The minimum absolute atomic E-state index is 0.0375. The first-order chi connectivity index (χ1) is 6.01. The van der Waals surface area contributed by atoms with Gasteiger partial charge in [-0.25, -0.2) is 0 Å². The predicted octanol–water partition coefficient (Wildman–Crippen LogP) is 2.44. The fourth-order valence-corrected chi connectivity index (χ4v) is 1.87. The van der Waals surface area contributed by atoms with E-state index in [1.165, 1.54) is 0 Å². The van der Waals surface area contributed by atoms with E-state index in [1.807, 2.05) is 0 Å². The van der Waals surface area contributed by atoms with Crippen molar-refractivity contribution in [1.29, 1.82) is 0 Å². The summed E-state index contributed by atoms with van der Waals surface area (Å²) in [4.78, 5) is 0. The first-order valence-electron chi connectivity index (χ1n) is 5.30. The second-order valence-electron chi connectivity index (χ2n) is 4.15. The van der Waals surface area contributed by atoms with Gasteiger partial charge in [-0.3, -0.25) is 0 Å². The molecule has 80 valence electrons. The van der Waals surface area contributed by atoms with E-state index in [9.17, 15) is 0 Å². The summed E-state index contributed by atoms with van der Waals surface area (Å²) in [6, 6.07) is 0.437. The molecule has 0 aromatic heterocycles. The summed E-state index contributed by atoms with van der Waals surface area (Å²) in [5.74, 6) is 0.602. The molecule has 0 rings (SSSR count). The molecule has 2 nitrogen and oxygen atoms in total. The second kappa shape index (κ2) is 5.61. The molecule has 0 aliphatic carbocycles. The molecule has 0 aromatic rings. The van der Waals surface area contributed by atoms with Crippen LogP contribution in [0.25, 0.3) is 0 Å². The Hall–Kier alpha value is -0.0800. The number of methoxy groups -OCH3 is 1. The largest absolute Gasteiger partial charge is 0.377 e. The molecule has 0 aliphatic heterocycles. The smallest absolute Gasteiger partial charge is 0.0802 e. The van der Waals surface area contributed by atoms with Crippen LogP contribution in [0.15, 0.2) is 0 Å². The van der Waals surface area contributed by atoms with E-state index in [0.717, 1.165) is 13.0 Å². The first kappa shape index (κ1) is 12.9. The maximum atomic E-state index is 5.60. The third kappa shape index (κ3) is 3.28. The molecule has 0 aliphatic rings. The summed E-state index contributed by atoms with van der Waals surface area (Å²) in [5.41, 5.74) is -0.0375. The van der Waals surface area contributed by atoms with Crippen LogP contribution < -0.4 is 5.32 Å². The van der Waals surface area contributed by atoms with Gasteiger partial charge in [-0.15, -0.1) is 0 Å². The van der Waals surface area contributed by atoms with E-state index in [2.05, 4.69) is 39.9 Å². The highest BCUT2D eigenvalue weighted by Crippen LogP contribution is 2.24. The van der Waals surface area contributed by atoms with Crippen molar-refractivity contribution in [2.45, 2.75) is 52.7 Å². The number of ether oxygens (including phenoxy) is 1. The number of hydrogen-bond donors (Lipinski definition) is 1. The third-order valence-corrected chi connectivity index (χ3v) is 2.92. The van der Waals surface area contributed by atoms with Crippen molar-refractivity contribution in [3.8, 4) is 0 Å². The van der Waals surface area contributed by atoms with Gasteiger partial charge in [-0.1, -0.05) is 27.7 Å². The highest BCUT2D eigenvalue weighted by atomic mass is 16.5. The van der Waals surface area contributed by atoms with Gasteiger partial charge in [0.25, 0.3) is 0 Å². The van der Waals surface area contributed by atoms with Crippen LogP contribution in [0.5, 0.6) is 0 Å². The lowest BCUT2D eigenvalue weighted by molar-refractivity contribution is -0.0408. The Bertz CT molecular complexity index is 130. The van der Waals surface area contributed by atoms with Crippen LogP contribution in [0.2, 0.25) is 0 Å². The van der Waals surface area contributed by atoms with Gasteiger partial charge in [-0.2, -0.15) is 0 Å². The third-order valence-electron chi connectivity index (χ3n) is 2.92. The quantitative estimate of drug-likeness (QED) is 0.689. The number of rotatable bonds is 6. The molecule has 0 radical (unpaired) electrons. The Morgan fingerprint density at radius 1 is 1.31 bits per heavy atom. The molecule has 2 heteroatoms. The summed E-state index contributed by atoms with van der Waals surface area (Å²) >= 11 is 0. The lowest BCUT2D eigenvalue weighted by Gasteiger charge is -2.38. The normalized spacial score (nSPS) is 18.7. The van der Waals surface area contributed by atoms with Gasteiger partial charge in [0.2, 0.25) is 0 Å². The monoisotopic (exact) mass is 187 g/mol. The van der Waals surface area contributed by atoms with Crippen LogP contribution in [-0.4, -0.2) is 25.3 Å². The molecule has 0 bridgehead atoms. The van der Waals surface area contributed by atoms with E-state index in [-0.39, 0.29) is 5.60 Å². The van der Waals surface area contributed by atoms with Crippen LogP contribution in [0.1, 0.15) is 41.0 Å². The Morgan fingerprint density at radius 3 is 2.08 bits per heavy atom. The van der Waals surface area contributed by atoms with E-state index in [4.69, 9.17) is 4.74 Å². The fraction of sp³-hybridized carbons (Fsp3) is 1.00. The van der Waals surface area contributed by atoms with Gasteiger partial charge in [0.15, 0.2) is 0 Å². The van der Waals surface area contributed by atoms with Crippen LogP contribution in [0.3, 0.4) is 0 Å². The van der Waals surface area contributed by atoms with Crippen molar-refractivity contribution in [2.75, 3.05) is 13.7 Å². The van der Waals surface area contributed by atoms with Gasteiger partial charge in [-0.05, 0) is 25.8 Å². The average molecular weight is 187 g/mol. The van der Waals surface area contributed by atoms with Crippen molar-refractivity contribution in [2.24, 2.45) is 5.92 Å². The molecule has 0 heterocycles. The van der Waals surface area contributed by atoms with E-state index in [1.54, 1.807) is 7.11 Å². The molecule has 0 saturated heterocycles. The first-order valence-corrected chi connectivity index (χ1v) is 5.30. The fourth-order valence-electron chi connectivity index (χ4n) is 1.87. The molecule has 0 spiro atoms. The Labute approximate surface area is 83.1 Å². The lowest BCUT2D eigenvalue weighted by atomic mass is 9.85. The van der Waals surface area contributed by atoms with Gasteiger partial charge in [0.1, 0.15) is 0 Å². The minimum Gasteiger partial charge on any atom is -0.377 e. The second-order valence-corrected chi connectivity index (χ2v) is 4.15. The van der Waals surface area contributed by atoms with Gasteiger partial charge >= 0.3 is 0 Å². The molecule has 13 heavy (non-hydrogen) atoms. The Balaban J connectivity index is 4.48. The van der Waals surface area contributed by atoms with Crippen LogP contribution in [-0.2, 0) is 4.74 Å². The maximum absolute atomic E-state index is 5.60. The highest BCUT2D eigenvalue weighted by molar-refractivity contribution is 4.90. The van der Waals surface area contributed by atoms with Crippen LogP contribution in [0.4, 0.5) is 0 Å². The molecular weight excluding hydrogens is 162 g/mol. The Kier molecular flexibility index (Phi) is 5.57. The minimum atomic E-state index is -0.0375. The average Bonchev–Trinajstić information content (AvgIpc) is 2.12. The summed E-state index contributed by atoms with van der Waals surface area (Å²) in [7, 11) is 1.80. The molecule has 2 unspecified atom stereocenters. The van der Waals surface area contributed by atoms with E-state index in [0.29, 0.717) is 12.0 Å². The summed E-state index contributed by atoms with van der Waals surface area (Å²) in [6.45, 7) is 12.0. The van der Waals surface area contributed by atoms with Crippen molar-refractivity contribution < 1.29 is 4.74 Å². The van der Waals surface area contributed by atoms with Crippen molar-refractivity contribution >= 4 is 0 Å². The maximum Gasteiger partial charge on any atom is 0.0802 e. The molecule has 0 fully saturated rings. The van der Waals surface area contributed by atoms with Crippen molar-refractivity contribution in [3.05, 3.63) is 0 Å². The molecule has 0 amide bonds. The zero-order valence-corrected chi connectivity index (χ0v) is 9.98. The number of nitrogens with one attached hydrogen (secondary N) is 1. The predicted molar refractivity (Wildman–Crippen MR) is 58.0 cm³/mol. The topological polar surface area (TPSA) is 21.3 Å². The summed E-state index contributed by atoms with van der Waals surface area (Å²) < 4.78 is 5.60. The van der Waals surface area contributed by atoms with Crippen LogP contribution in [0, 0.1) is 5.92 Å². The number of likely N-dealkylation sites (N-methyl/N-ethyl adjacent to an activating group) is 1. The SMILES string of the molecule is CCNC(C(C)C)C(C)(CC)OC. The van der Waals surface area contributed by atoms with Crippen molar-refractivity contribution in [1.82, 2.24) is 5.32 Å². The van der Waals surface area contributed by atoms with Crippen molar-refractivity contribution in [3.63, 3.8) is 0 Å². The van der Waals surface area contributed by atoms with Gasteiger partial charge < -0.3 is 10.1 Å². The van der Waals surface area contributed by atoms with E-state index < -0.39 is 0 Å². The van der Waals surface area contributed by atoms with Gasteiger partial charge in [0.05, 0.1) is 5.60 Å². The Morgan fingerprint density at radius 2 is 1.85 bits per heavy atom. The summed E-state index contributed by atoms with van der Waals surface area (Å²) in [6.07, 6.45) is 1.04. The highest BCUT2D eigenvalue weighted by Gasteiger charge is 2.33. The standard InChI is InChI=1S/C11H25NO/c1-7-11(5,13-6)10(9(3)4)12-8-2/h9-10,12H,7-8H2,1-6H3. The molecule has 0 aromatic carbocycles. The number of hydrogen-bond acceptors (Lipinski definition) is 2. The van der Waals surface area contributed by atoms with E-state index >= 15 is 0 Å². The zero-order valence-electron chi connectivity index (χ0n) is 9.98. The van der Waals surface area contributed by atoms with Crippen LogP contribution >= 0.6 is 0 Å². The zero-order chi connectivity index (χ0) is 10.5.